The van der Waals surface area contributed by atoms with E-state index in [0.717, 1.165) is 6.07 Å². The van der Waals surface area contributed by atoms with Gasteiger partial charge in [-0.3, -0.25) is 4.79 Å². The van der Waals surface area contributed by atoms with Crippen molar-refractivity contribution in [3.63, 3.8) is 0 Å². The van der Waals surface area contributed by atoms with Gasteiger partial charge in [-0.15, -0.1) is 0 Å². The van der Waals surface area contributed by atoms with E-state index in [1.165, 1.54) is 0 Å². The van der Waals surface area contributed by atoms with Gasteiger partial charge in [-0.1, -0.05) is 30.3 Å². The Bertz CT molecular complexity index is 1400. The number of fused-ring (bicyclic) bond motifs is 1. The largest absolute Gasteiger partial charge is 0.507 e. The third kappa shape index (κ3) is 4.47. The van der Waals surface area contributed by atoms with Crippen molar-refractivity contribution in [2.24, 2.45) is 0 Å². The number of aliphatic hydroxyl groups excluding tert-OH is 7. The van der Waals surface area contributed by atoms with Crippen molar-refractivity contribution in [1.82, 2.24) is 0 Å². The summed E-state index contributed by atoms with van der Waals surface area (Å²) < 4.78 is 17.0. The average Bonchev–Trinajstić information content (AvgIpc) is 2.93. The van der Waals surface area contributed by atoms with Gasteiger partial charge in [-0.05, 0) is 0 Å². The summed E-state index contributed by atoms with van der Waals surface area (Å²) in [5.41, 5.74) is -1.79. The molecule has 0 radical (unpaired) electrons. The molecule has 2 aromatic carbocycles. The highest BCUT2D eigenvalue weighted by atomic mass is 16.5. The first kappa shape index (κ1) is 27.5. The molecule has 0 unspecified atom stereocenters. The van der Waals surface area contributed by atoms with E-state index >= 15 is 0 Å². The molecule has 3 aromatic rings. The van der Waals surface area contributed by atoms with Crippen LogP contribution in [0.2, 0.25) is 0 Å². The molecule has 0 bridgehead atoms. The molecule has 39 heavy (non-hydrogen) atoms. The summed E-state index contributed by atoms with van der Waals surface area (Å²) in [5, 5.41) is 94.0. The molecular weight excluding hydrogens is 520 g/mol. The van der Waals surface area contributed by atoms with Crippen LogP contribution in [0.25, 0.3) is 22.3 Å². The van der Waals surface area contributed by atoms with Crippen LogP contribution in [-0.2, 0) is 9.47 Å². The van der Waals surface area contributed by atoms with Gasteiger partial charge in [0.1, 0.15) is 77.6 Å². The van der Waals surface area contributed by atoms with E-state index in [9.17, 15) is 50.8 Å². The summed E-state index contributed by atoms with van der Waals surface area (Å²) in [6.45, 7) is -1.29. The number of phenolic OH excluding ortho intramolecular Hbond substituents is 2. The van der Waals surface area contributed by atoms with Crippen molar-refractivity contribution in [3.05, 3.63) is 57.7 Å². The van der Waals surface area contributed by atoms with Crippen LogP contribution in [0, 0.1) is 0 Å². The zero-order chi connectivity index (χ0) is 28.2. The molecule has 0 aliphatic carbocycles. The molecular formula is C26H28O13. The fraction of sp³-hybridized carbons (Fsp3) is 0.423. The second-order valence-electron chi connectivity index (χ2n) is 9.62. The summed E-state index contributed by atoms with van der Waals surface area (Å²) >= 11 is 0. The van der Waals surface area contributed by atoms with Crippen molar-refractivity contribution in [1.29, 1.82) is 0 Å². The molecule has 2 aliphatic rings. The number of aliphatic hydroxyl groups is 7. The molecule has 0 saturated carbocycles. The molecule has 2 saturated heterocycles. The Balaban J connectivity index is 1.80. The second kappa shape index (κ2) is 10.5. The minimum atomic E-state index is -1.95. The lowest BCUT2D eigenvalue weighted by Crippen LogP contribution is -2.55. The Kier molecular flexibility index (Phi) is 7.37. The Morgan fingerprint density at radius 3 is 2.13 bits per heavy atom. The zero-order valence-corrected chi connectivity index (χ0v) is 20.2. The Labute approximate surface area is 220 Å². The molecule has 5 rings (SSSR count). The summed E-state index contributed by atoms with van der Waals surface area (Å²) in [6.07, 6.45) is -15.4. The maximum atomic E-state index is 13.4. The maximum absolute atomic E-state index is 13.4. The standard InChI is InChI=1S/C26H28O13/c27-7-13-18(31)21(34)23(36)26(39-13)15-19(32)14-10(28)6-12(9-4-2-1-3-5-9)38-24(14)16(20(15)33)25-22(35)17(30)11(29)8-37-25/h1-6,11,13,17-18,21-23,25-27,29-36H,7-8H2/t11-,13+,17-,18-,21+,22-,23+,25-,26-/m0/s1. The molecule has 9 N–H and O–H groups in total. The fourth-order valence-electron chi connectivity index (χ4n) is 5.09. The first-order chi connectivity index (χ1) is 18.6. The number of ether oxygens (including phenoxy) is 2. The average molecular weight is 548 g/mol. The molecule has 0 amide bonds. The first-order valence-corrected chi connectivity index (χ1v) is 12.1. The van der Waals surface area contributed by atoms with Crippen molar-refractivity contribution in [2.75, 3.05) is 13.2 Å². The van der Waals surface area contributed by atoms with E-state index in [1.54, 1.807) is 30.3 Å². The van der Waals surface area contributed by atoms with E-state index in [0.29, 0.717) is 5.56 Å². The molecule has 210 valence electrons. The minimum absolute atomic E-state index is 0.0274. The van der Waals surface area contributed by atoms with E-state index in [4.69, 9.17) is 13.9 Å². The van der Waals surface area contributed by atoms with Gasteiger partial charge < -0.3 is 59.8 Å². The van der Waals surface area contributed by atoms with E-state index in [-0.39, 0.29) is 5.76 Å². The SMILES string of the molecule is O=c1cc(-c2ccccc2)oc2c([C@@H]3OC[C@H](O)[C@H](O)[C@@H]3O)c(O)c([C@@H]3O[C@H](CO)[C@H](O)[C@@H](O)[C@H]3O)c(O)c12. The normalized spacial score (nSPS) is 33.4. The number of rotatable bonds is 4. The van der Waals surface area contributed by atoms with Gasteiger partial charge in [0, 0.05) is 11.6 Å². The smallest absolute Gasteiger partial charge is 0.197 e. The number of aromatic hydroxyl groups is 2. The van der Waals surface area contributed by atoms with Crippen LogP contribution < -0.4 is 5.43 Å². The van der Waals surface area contributed by atoms with Crippen LogP contribution in [-0.4, -0.2) is 102 Å². The van der Waals surface area contributed by atoms with Crippen LogP contribution >= 0.6 is 0 Å². The van der Waals surface area contributed by atoms with E-state index in [2.05, 4.69) is 0 Å². The van der Waals surface area contributed by atoms with Crippen molar-refractivity contribution in [3.8, 4) is 22.8 Å². The Hall–Kier alpha value is -3.11. The summed E-state index contributed by atoms with van der Waals surface area (Å²) in [5.74, 6) is -1.75. The molecule has 0 spiro atoms. The molecule has 13 heteroatoms. The van der Waals surface area contributed by atoms with Crippen LogP contribution in [0.15, 0.2) is 45.6 Å². The van der Waals surface area contributed by atoms with Gasteiger partial charge >= 0.3 is 0 Å². The Morgan fingerprint density at radius 2 is 1.46 bits per heavy atom. The fourth-order valence-corrected chi connectivity index (χ4v) is 5.09. The number of hydrogen-bond donors (Lipinski definition) is 9. The maximum Gasteiger partial charge on any atom is 0.197 e. The van der Waals surface area contributed by atoms with Gasteiger partial charge in [0.25, 0.3) is 0 Å². The topological polar surface area (TPSA) is 231 Å². The minimum Gasteiger partial charge on any atom is -0.507 e. The lowest BCUT2D eigenvalue weighted by Gasteiger charge is -2.41. The highest BCUT2D eigenvalue weighted by molar-refractivity contribution is 5.91. The number of phenols is 2. The monoisotopic (exact) mass is 548 g/mol. The third-order valence-corrected chi connectivity index (χ3v) is 7.21. The molecule has 9 atom stereocenters. The lowest BCUT2D eigenvalue weighted by atomic mass is 9.85. The van der Waals surface area contributed by atoms with Gasteiger partial charge in [-0.25, -0.2) is 0 Å². The van der Waals surface area contributed by atoms with Gasteiger partial charge in [-0.2, -0.15) is 0 Å². The number of benzene rings is 2. The van der Waals surface area contributed by atoms with Gasteiger partial charge in [0.2, 0.25) is 0 Å². The van der Waals surface area contributed by atoms with Gasteiger partial charge in [0.15, 0.2) is 11.0 Å². The third-order valence-electron chi connectivity index (χ3n) is 7.21. The summed E-state index contributed by atoms with van der Waals surface area (Å²) in [4.78, 5) is 13.4. The predicted molar refractivity (Wildman–Crippen MR) is 131 cm³/mol. The molecule has 1 aromatic heterocycles. The molecule has 2 aliphatic heterocycles. The van der Waals surface area contributed by atoms with Crippen LogP contribution in [0.4, 0.5) is 0 Å². The van der Waals surface area contributed by atoms with Gasteiger partial charge in [0.05, 0.1) is 24.3 Å². The van der Waals surface area contributed by atoms with Crippen LogP contribution in [0.1, 0.15) is 23.3 Å². The highest BCUT2D eigenvalue weighted by Crippen LogP contribution is 2.50. The quantitative estimate of drug-likeness (QED) is 0.182. The second-order valence-corrected chi connectivity index (χ2v) is 9.62. The summed E-state index contributed by atoms with van der Waals surface area (Å²) in [6, 6.07) is 9.45. The number of hydrogen-bond acceptors (Lipinski definition) is 13. The van der Waals surface area contributed by atoms with Crippen LogP contribution in [0.3, 0.4) is 0 Å². The first-order valence-electron chi connectivity index (χ1n) is 12.1. The lowest BCUT2D eigenvalue weighted by molar-refractivity contribution is -0.232. The Morgan fingerprint density at radius 1 is 0.795 bits per heavy atom. The van der Waals surface area contributed by atoms with Crippen LogP contribution in [0.5, 0.6) is 11.5 Å². The van der Waals surface area contributed by atoms with E-state index < -0.39 is 107 Å². The molecule has 3 heterocycles. The predicted octanol–water partition coefficient (Wildman–Crippen LogP) is -1.46. The zero-order valence-electron chi connectivity index (χ0n) is 20.2. The van der Waals surface area contributed by atoms with Crippen molar-refractivity contribution >= 4 is 11.0 Å². The molecule has 2 fully saturated rings. The van der Waals surface area contributed by atoms with Crippen molar-refractivity contribution < 1.29 is 59.8 Å². The summed E-state index contributed by atoms with van der Waals surface area (Å²) in [7, 11) is 0. The molecule has 13 nitrogen and oxygen atoms in total. The highest BCUT2D eigenvalue weighted by Gasteiger charge is 2.48. The van der Waals surface area contributed by atoms with E-state index in [1.807, 2.05) is 0 Å². The van der Waals surface area contributed by atoms with Crippen molar-refractivity contribution in [2.45, 2.75) is 54.9 Å².